The van der Waals surface area contributed by atoms with Crippen LogP contribution < -0.4 is 0 Å². The second-order valence-corrected chi connectivity index (χ2v) is 5.41. The van der Waals surface area contributed by atoms with Crippen molar-refractivity contribution < 1.29 is 9.90 Å². The molecule has 1 fully saturated rings. The van der Waals surface area contributed by atoms with Crippen LogP contribution in [0.25, 0.3) is 11.3 Å². The zero-order valence-electron chi connectivity index (χ0n) is 10.6. The van der Waals surface area contributed by atoms with Crippen molar-refractivity contribution in [1.82, 2.24) is 4.57 Å². The molecule has 0 spiro atoms. The summed E-state index contributed by atoms with van der Waals surface area (Å²) in [5.41, 5.74) is 3.41. The molecule has 0 saturated heterocycles. The van der Waals surface area contributed by atoms with Crippen LogP contribution in [-0.2, 0) is 0 Å². The molecule has 3 nitrogen and oxygen atoms in total. The number of carboxylic acids is 1. The smallest absolute Gasteiger partial charge is 0.352 e. The van der Waals surface area contributed by atoms with Crippen molar-refractivity contribution in [2.24, 2.45) is 0 Å². The minimum atomic E-state index is -0.877. The first-order chi connectivity index (χ1) is 9.08. The number of benzene rings is 1. The number of aryl methyl sites for hydroxylation is 1. The van der Waals surface area contributed by atoms with Crippen LogP contribution in [0.4, 0.5) is 0 Å². The van der Waals surface area contributed by atoms with E-state index in [2.05, 4.69) is 0 Å². The molecule has 4 heteroatoms. The van der Waals surface area contributed by atoms with E-state index in [4.69, 9.17) is 11.6 Å². The number of hydrogen-bond donors (Lipinski definition) is 1. The molecule has 1 aromatic carbocycles. The second kappa shape index (κ2) is 4.42. The molecule has 2 aromatic rings. The standard InChI is InChI=1S/C15H14ClNO2/c1-9-2-3-10(16)8-12(9)13-6-7-14(15(18)19)17(13)11-4-5-11/h2-3,6-8,11H,4-5H2,1H3,(H,18,19). The van der Waals surface area contributed by atoms with Crippen molar-refractivity contribution in [2.75, 3.05) is 0 Å². The molecule has 0 amide bonds. The molecule has 3 rings (SSSR count). The Morgan fingerprint density at radius 1 is 1.32 bits per heavy atom. The summed E-state index contributed by atoms with van der Waals surface area (Å²) in [6.45, 7) is 2.01. The van der Waals surface area contributed by atoms with Gasteiger partial charge in [-0.25, -0.2) is 4.79 Å². The highest BCUT2D eigenvalue weighted by atomic mass is 35.5. The van der Waals surface area contributed by atoms with E-state index < -0.39 is 5.97 Å². The predicted molar refractivity (Wildman–Crippen MR) is 74.8 cm³/mol. The molecule has 1 aliphatic rings. The fourth-order valence-electron chi connectivity index (χ4n) is 2.44. The minimum Gasteiger partial charge on any atom is -0.477 e. The molecule has 1 aromatic heterocycles. The van der Waals surface area contributed by atoms with Crippen LogP contribution in [0.1, 0.15) is 34.9 Å². The molecule has 0 aliphatic heterocycles. The number of rotatable bonds is 3. The largest absolute Gasteiger partial charge is 0.477 e. The van der Waals surface area contributed by atoms with Crippen molar-refractivity contribution in [3.63, 3.8) is 0 Å². The molecular formula is C15H14ClNO2. The topological polar surface area (TPSA) is 42.2 Å². The highest BCUT2D eigenvalue weighted by molar-refractivity contribution is 6.30. The van der Waals surface area contributed by atoms with Crippen LogP contribution in [0, 0.1) is 6.92 Å². The lowest BCUT2D eigenvalue weighted by Crippen LogP contribution is -2.08. The highest BCUT2D eigenvalue weighted by Gasteiger charge is 2.30. The van der Waals surface area contributed by atoms with Crippen molar-refractivity contribution in [1.29, 1.82) is 0 Å². The molecule has 0 atom stereocenters. The fourth-order valence-corrected chi connectivity index (χ4v) is 2.61. The SMILES string of the molecule is Cc1ccc(Cl)cc1-c1ccc(C(=O)O)n1C1CC1. The van der Waals surface area contributed by atoms with Gasteiger partial charge in [-0.15, -0.1) is 0 Å². The van der Waals surface area contributed by atoms with E-state index in [1.165, 1.54) is 0 Å². The maximum atomic E-state index is 11.3. The maximum absolute atomic E-state index is 11.3. The van der Waals surface area contributed by atoms with Crippen molar-refractivity contribution in [3.8, 4) is 11.3 Å². The zero-order chi connectivity index (χ0) is 13.6. The third kappa shape index (κ3) is 2.15. The lowest BCUT2D eigenvalue weighted by atomic mass is 10.1. The van der Waals surface area contributed by atoms with E-state index in [-0.39, 0.29) is 0 Å². The van der Waals surface area contributed by atoms with Gasteiger partial charge in [-0.3, -0.25) is 0 Å². The van der Waals surface area contributed by atoms with E-state index in [9.17, 15) is 9.90 Å². The zero-order valence-corrected chi connectivity index (χ0v) is 11.3. The summed E-state index contributed by atoms with van der Waals surface area (Å²) in [7, 11) is 0. The van der Waals surface area contributed by atoms with E-state index in [1.54, 1.807) is 6.07 Å². The summed E-state index contributed by atoms with van der Waals surface area (Å²) in [6, 6.07) is 9.58. The van der Waals surface area contributed by atoms with Crippen LogP contribution in [0.3, 0.4) is 0 Å². The quantitative estimate of drug-likeness (QED) is 0.914. The molecule has 0 radical (unpaired) electrons. The number of halogens is 1. The van der Waals surface area contributed by atoms with E-state index >= 15 is 0 Å². The first-order valence-corrected chi connectivity index (χ1v) is 6.67. The van der Waals surface area contributed by atoms with E-state index in [0.29, 0.717) is 16.8 Å². The van der Waals surface area contributed by atoms with Gasteiger partial charge < -0.3 is 9.67 Å². The molecule has 0 unspecified atom stereocenters. The Morgan fingerprint density at radius 2 is 2.05 bits per heavy atom. The first-order valence-electron chi connectivity index (χ1n) is 6.29. The minimum absolute atomic E-state index is 0.314. The average molecular weight is 276 g/mol. The number of nitrogens with zero attached hydrogens (tertiary/aromatic N) is 1. The summed E-state index contributed by atoms with van der Waals surface area (Å²) in [5, 5.41) is 9.95. The van der Waals surface area contributed by atoms with Crippen molar-refractivity contribution in [3.05, 3.63) is 46.6 Å². The molecule has 1 N–H and O–H groups in total. The normalized spacial score (nSPS) is 14.6. The van der Waals surface area contributed by atoms with Gasteiger partial charge in [-0.1, -0.05) is 17.7 Å². The predicted octanol–water partition coefficient (Wildman–Crippen LogP) is 4.15. The number of aromatic nitrogens is 1. The Labute approximate surface area is 116 Å². The van der Waals surface area contributed by atoms with Gasteiger partial charge in [0, 0.05) is 22.3 Å². The molecule has 19 heavy (non-hydrogen) atoms. The monoisotopic (exact) mass is 275 g/mol. The molecule has 0 bridgehead atoms. The van der Waals surface area contributed by atoms with Crippen molar-refractivity contribution >= 4 is 17.6 Å². The Hall–Kier alpha value is -1.74. The van der Waals surface area contributed by atoms with Gasteiger partial charge in [-0.05, 0) is 49.6 Å². The fraction of sp³-hybridized carbons (Fsp3) is 0.267. The Morgan fingerprint density at radius 3 is 2.68 bits per heavy atom. The third-order valence-electron chi connectivity index (χ3n) is 3.52. The average Bonchev–Trinajstić information content (AvgIpc) is 3.11. The van der Waals surface area contributed by atoms with Crippen LogP contribution in [0.5, 0.6) is 0 Å². The van der Waals surface area contributed by atoms with Crippen LogP contribution in [0.2, 0.25) is 5.02 Å². The van der Waals surface area contributed by atoms with Gasteiger partial charge in [-0.2, -0.15) is 0 Å². The lowest BCUT2D eigenvalue weighted by molar-refractivity contribution is 0.0685. The molecule has 1 heterocycles. The summed E-state index contributed by atoms with van der Waals surface area (Å²) in [4.78, 5) is 11.3. The van der Waals surface area contributed by atoms with Crippen LogP contribution in [0.15, 0.2) is 30.3 Å². The number of carboxylic acid groups (broad SMARTS) is 1. The molecule has 1 saturated carbocycles. The van der Waals surface area contributed by atoms with Gasteiger partial charge in [0.05, 0.1) is 0 Å². The van der Waals surface area contributed by atoms with Gasteiger partial charge >= 0.3 is 5.97 Å². The van der Waals surface area contributed by atoms with Gasteiger partial charge in [0.2, 0.25) is 0 Å². The highest BCUT2D eigenvalue weighted by Crippen LogP contribution is 2.41. The summed E-state index contributed by atoms with van der Waals surface area (Å²) in [5.74, 6) is -0.877. The molecule has 1 aliphatic carbocycles. The maximum Gasteiger partial charge on any atom is 0.352 e. The van der Waals surface area contributed by atoms with Gasteiger partial charge in [0.15, 0.2) is 0 Å². The lowest BCUT2D eigenvalue weighted by Gasteiger charge is -2.13. The third-order valence-corrected chi connectivity index (χ3v) is 3.76. The first kappa shape index (κ1) is 12.3. The Kier molecular flexibility index (Phi) is 2.86. The van der Waals surface area contributed by atoms with Gasteiger partial charge in [0.25, 0.3) is 0 Å². The van der Waals surface area contributed by atoms with Crippen LogP contribution >= 0.6 is 11.6 Å². The molecular weight excluding hydrogens is 262 g/mol. The van der Waals surface area contributed by atoms with Gasteiger partial charge in [0.1, 0.15) is 5.69 Å². The number of hydrogen-bond acceptors (Lipinski definition) is 1. The van der Waals surface area contributed by atoms with Crippen molar-refractivity contribution in [2.45, 2.75) is 25.8 Å². The van der Waals surface area contributed by atoms with E-state index in [0.717, 1.165) is 29.7 Å². The number of aromatic carboxylic acids is 1. The summed E-state index contributed by atoms with van der Waals surface area (Å²) >= 11 is 6.06. The summed E-state index contributed by atoms with van der Waals surface area (Å²) < 4.78 is 1.93. The van der Waals surface area contributed by atoms with E-state index in [1.807, 2.05) is 35.8 Å². The summed E-state index contributed by atoms with van der Waals surface area (Å²) in [6.07, 6.45) is 2.09. The Balaban J connectivity index is 2.20. The van der Waals surface area contributed by atoms with Crippen LogP contribution in [-0.4, -0.2) is 15.6 Å². The number of carbonyl (C=O) groups is 1. The second-order valence-electron chi connectivity index (χ2n) is 4.97. The Bertz CT molecular complexity index is 656. The molecule has 98 valence electrons.